The Morgan fingerprint density at radius 2 is 1.84 bits per heavy atom. The number of hydrogen-bond donors (Lipinski definition) is 0. The summed E-state index contributed by atoms with van der Waals surface area (Å²) < 4.78 is 7.11. The quantitative estimate of drug-likeness (QED) is 0.393. The van der Waals surface area contributed by atoms with Crippen molar-refractivity contribution in [1.29, 1.82) is 0 Å². The van der Waals surface area contributed by atoms with Gasteiger partial charge in [-0.1, -0.05) is 25.5 Å². The summed E-state index contributed by atoms with van der Waals surface area (Å²) in [6.07, 6.45) is 5.16. The lowest BCUT2D eigenvalue weighted by Gasteiger charge is -2.19. The van der Waals surface area contributed by atoms with Crippen molar-refractivity contribution in [1.82, 2.24) is 9.47 Å². The SMILES string of the molecule is CCCCc1ccc(-n2c(C)cc(/C=C3/SC(=O)N([C@H](C)C(=O)OCC)C3=O)c2C)cc1. The molecule has 0 saturated carbocycles. The molecule has 0 bridgehead atoms. The van der Waals surface area contributed by atoms with Crippen molar-refractivity contribution in [3.05, 3.63) is 57.8 Å². The summed E-state index contributed by atoms with van der Waals surface area (Å²) in [7, 11) is 0. The van der Waals surface area contributed by atoms with Crippen LogP contribution in [0.2, 0.25) is 0 Å². The van der Waals surface area contributed by atoms with Gasteiger partial charge in [-0.3, -0.25) is 14.5 Å². The highest BCUT2D eigenvalue weighted by Crippen LogP contribution is 2.35. The fraction of sp³-hybridized carbons (Fsp3) is 0.400. The Morgan fingerprint density at radius 3 is 2.47 bits per heavy atom. The molecule has 1 aromatic carbocycles. The van der Waals surface area contributed by atoms with E-state index in [9.17, 15) is 14.4 Å². The van der Waals surface area contributed by atoms with E-state index >= 15 is 0 Å². The average Bonchev–Trinajstić information content (AvgIpc) is 3.20. The first-order valence-electron chi connectivity index (χ1n) is 11.0. The molecule has 32 heavy (non-hydrogen) atoms. The van der Waals surface area contributed by atoms with E-state index in [0.29, 0.717) is 4.91 Å². The first-order valence-corrected chi connectivity index (χ1v) is 11.8. The Kier molecular flexibility index (Phi) is 7.61. The van der Waals surface area contributed by atoms with Gasteiger partial charge in [-0.2, -0.15) is 0 Å². The normalized spacial score (nSPS) is 16.2. The summed E-state index contributed by atoms with van der Waals surface area (Å²) in [6, 6.07) is 9.60. The van der Waals surface area contributed by atoms with Gasteiger partial charge >= 0.3 is 5.97 Å². The van der Waals surface area contributed by atoms with Crippen molar-refractivity contribution in [2.24, 2.45) is 0 Å². The van der Waals surface area contributed by atoms with Gasteiger partial charge in [0.2, 0.25) is 0 Å². The molecule has 1 saturated heterocycles. The number of benzene rings is 1. The summed E-state index contributed by atoms with van der Waals surface area (Å²) in [5.74, 6) is -1.05. The highest BCUT2D eigenvalue weighted by molar-refractivity contribution is 8.18. The number of esters is 1. The second kappa shape index (κ2) is 10.2. The monoisotopic (exact) mass is 454 g/mol. The second-order valence-corrected chi connectivity index (χ2v) is 8.90. The molecule has 7 heteroatoms. The number of aryl methyl sites for hydroxylation is 2. The van der Waals surface area contributed by atoms with E-state index < -0.39 is 23.2 Å². The molecule has 3 rings (SSSR count). The highest BCUT2D eigenvalue weighted by atomic mass is 32.2. The Balaban J connectivity index is 1.86. The van der Waals surface area contributed by atoms with Crippen LogP contribution >= 0.6 is 11.8 Å². The second-order valence-electron chi connectivity index (χ2n) is 7.91. The van der Waals surface area contributed by atoms with E-state index in [-0.39, 0.29) is 6.61 Å². The number of ether oxygens (including phenoxy) is 1. The van der Waals surface area contributed by atoms with Gasteiger partial charge in [-0.25, -0.2) is 4.79 Å². The summed E-state index contributed by atoms with van der Waals surface area (Å²) in [6.45, 7) is 9.59. The standard InChI is InChI=1S/C25H30N2O4S/c1-6-8-9-19-10-12-21(13-11-19)26-16(3)14-20(17(26)4)15-22-23(28)27(25(30)32-22)18(5)24(29)31-7-2/h10-15,18H,6-9H2,1-5H3/b22-15+/t18-/m1/s1. The minimum absolute atomic E-state index is 0.195. The molecule has 0 aliphatic carbocycles. The summed E-state index contributed by atoms with van der Waals surface area (Å²) in [5, 5.41) is -0.460. The van der Waals surface area contributed by atoms with Crippen molar-refractivity contribution in [2.45, 2.75) is 59.9 Å². The Labute approximate surface area is 193 Å². The van der Waals surface area contributed by atoms with Crippen LogP contribution in [0, 0.1) is 13.8 Å². The van der Waals surface area contributed by atoms with Gasteiger partial charge in [0, 0.05) is 17.1 Å². The molecule has 1 aliphatic rings. The predicted octanol–water partition coefficient (Wildman–Crippen LogP) is 5.42. The van der Waals surface area contributed by atoms with Crippen LogP contribution in [0.3, 0.4) is 0 Å². The Morgan fingerprint density at radius 1 is 1.16 bits per heavy atom. The van der Waals surface area contributed by atoms with Gasteiger partial charge in [0.1, 0.15) is 6.04 Å². The summed E-state index contributed by atoms with van der Waals surface area (Å²) >= 11 is 0.851. The molecule has 0 spiro atoms. The minimum Gasteiger partial charge on any atom is -0.464 e. The topological polar surface area (TPSA) is 68.6 Å². The van der Waals surface area contributed by atoms with Gasteiger partial charge in [-0.15, -0.1) is 0 Å². The highest BCUT2D eigenvalue weighted by Gasteiger charge is 2.41. The number of aromatic nitrogens is 1. The van der Waals surface area contributed by atoms with Crippen molar-refractivity contribution in [3.8, 4) is 5.69 Å². The van der Waals surface area contributed by atoms with E-state index in [2.05, 4.69) is 35.8 Å². The van der Waals surface area contributed by atoms with Crippen molar-refractivity contribution >= 4 is 35.0 Å². The zero-order chi connectivity index (χ0) is 23.4. The lowest BCUT2D eigenvalue weighted by molar-refractivity contribution is -0.150. The lowest BCUT2D eigenvalue weighted by atomic mass is 10.1. The molecule has 2 heterocycles. The van der Waals surface area contributed by atoms with Gasteiger partial charge in [0.05, 0.1) is 11.5 Å². The zero-order valence-corrected chi connectivity index (χ0v) is 20.1. The van der Waals surface area contributed by atoms with E-state index in [1.807, 2.05) is 19.9 Å². The molecule has 0 radical (unpaired) electrons. The van der Waals surface area contributed by atoms with Crippen LogP contribution in [0.1, 0.15) is 56.1 Å². The first-order chi connectivity index (χ1) is 15.3. The maximum atomic E-state index is 12.9. The number of unbranched alkanes of at least 4 members (excludes halogenated alkanes) is 1. The number of nitrogens with zero attached hydrogens (tertiary/aromatic N) is 2. The third kappa shape index (κ3) is 4.83. The lowest BCUT2D eigenvalue weighted by Crippen LogP contribution is -2.42. The zero-order valence-electron chi connectivity index (χ0n) is 19.3. The average molecular weight is 455 g/mol. The van der Waals surface area contributed by atoms with Crippen LogP contribution in [0.5, 0.6) is 0 Å². The third-order valence-corrected chi connectivity index (χ3v) is 6.49. The van der Waals surface area contributed by atoms with E-state index in [4.69, 9.17) is 4.74 Å². The Bertz CT molecular complexity index is 1050. The molecule has 1 aliphatic heterocycles. The number of thioether (sulfide) groups is 1. The maximum Gasteiger partial charge on any atom is 0.329 e. The third-order valence-electron chi connectivity index (χ3n) is 5.61. The van der Waals surface area contributed by atoms with Crippen LogP contribution in [0.15, 0.2) is 35.2 Å². The maximum absolute atomic E-state index is 12.9. The van der Waals surface area contributed by atoms with Gasteiger partial charge in [0.15, 0.2) is 0 Å². The van der Waals surface area contributed by atoms with Crippen LogP contribution in [-0.2, 0) is 20.7 Å². The first kappa shape index (κ1) is 23.9. The molecular formula is C25H30N2O4S. The molecule has 2 amide bonds. The molecule has 6 nitrogen and oxygen atoms in total. The smallest absolute Gasteiger partial charge is 0.329 e. The van der Waals surface area contributed by atoms with Crippen molar-refractivity contribution in [3.63, 3.8) is 0 Å². The van der Waals surface area contributed by atoms with Gasteiger partial charge in [-0.05, 0) is 87.7 Å². The van der Waals surface area contributed by atoms with Gasteiger partial charge in [0.25, 0.3) is 11.1 Å². The molecule has 0 N–H and O–H groups in total. The number of rotatable bonds is 8. The number of imide groups is 1. The molecule has 0 unspecified atom stereocenters. The number of amides is 2. The molecule has 170 valence electrons. The number of hydrogen-bond acceptors (Lipinski definition) is 5. The molecule has 1 fully saturated rings. The molecule has 2 aromatic rings. The van der Waals surface area contributed by atoms with Crippen LogP contribution in [-0.4, -0.2) is 39.2 Å². The number of carbonyl (C=O) groups excluding carboxylic acids is 3. The van der Waals surface area contributed by atoms with Crippen molar-refractivity contribution < 1.29 is 19.1 Å². The minimum atomic E-state index is -0.952. The van der Waals surface area contributed by atoms with E-state index in [1.165, 1.54) is 25.3 Å². The predicted molar refractivity (Wildman–Crippen MR) is 128 cm³/mol. The molecule has 1 aromatic heterocycles. The van der Waals surface area contributed by atoms with Crippen molar-refractivity contribution in [2.75, 3.05) is 6.61 Å². The largest absolute Gasteiger partial charge is 0.464 e. The van der Waals surface area contributed by atoms with Gasteiger partial charge < -0.3 is 9.30 Å². The molecule has 1 atom stereocenters. The van der Waals surface area contributed by atoms with E-state index in [1.54, 1.807) is 13.0 Å². The fourth-order valence-corrected chi connectivity index (χ4v) is 4.75. The van der Waals surface area contributed by atoms with Crippen LogP contribution < -0.4 is 0 Å². The fourth-order valence-electron chi connectivity index (χ4n) is 3.85. The summed E-state index contributed by atoms with van der Waals surface area (Å²) in [4.78, 5) is 38.6. The van der Waals surface area contributed by atoms with Crippen LogP contribution in [0.4, 0.5) is 4.79 Å². The molecular weight excluding hydrogens is 424 g/mol. The summed E-state index contributed by atoms with van der Waals surface area (Å²) in [5.41, 5.74) is 5.27. The Hall–Kier alpha value is -2.80. The van der Waals surface area contributed by atoms with Crippen LogP contribution in [0.25, 0.3) is 11.8 Å². The number of carbonyl (C=O) groups is 3. The van der Waals surface area contributed by atoms with E-state index in [0.717, 1.165) is 45.7 Å².